The van der Waals surface area contributed by atoms with Crippen molar-refractivity contribution in [3.8, 4) is 22.8 Å². The van der Waals surface area contributed by atoms with Crippen LogP contribution in [0, 0.1) is 0 Å². The van der Waals surface area contributed by atoms with E-state index >= 15 is 0 Å². The van der Waals surface area contributed by atoms with E-state index < -0.39 is 6.29 Å². The molecule has 8 nitrogen and oxygen atoms in total. The molecule has 5 rings (SSSR count). The van der Waals surface area contributed by atoms with Crippen molar-refractivity contribution in [1.82, 2.24) is 15.0 Å². The highest BCUT2D eigenvalue weighted by Gasteiger charge is 2.43. The van der Waals surface area contributed by atoms with Crippen LogP contribution in [0.2, 0.25) is 0 Å². The van der Waals surface area contributed by atoms with E-state index in [9.17, 15) is 8.78 Å². The summed E-state index contributed by atoms with van der Waals surface area (Å²) >= 11 is 0. The van der Waals surface area contributed by atoms with Gasteiger partial charge in [-0.15, -0.1) is 8.78 Å². The van der Waals surface area contributed by atoms with E-state index in [1.54, 1.807) is 24.5 Å². The fourth-order valence-electron chi connectivity index (χ4n) is 3.30. The molecular weight excluding hydrogens is 396 g/mol. The number of hydrogen-bond acceptors (Lipinski definition) is 8. The molecule has 1 saturated heterocycles. The second-order valence-corrected chi connectivity index (χ2v) is 6.75. The Morgan fingerprint density at radius 3 is 2.70 bits per heavy atom. The molecule has 10 heteroatoms. The number of nitrogens with zero attached hydrogens (tertiary/aromatic N) is 4. The van der Waals surface area contributed by atoms with Crippen LogP contribution in [-0.2, 0) is 4.74 Å². The normalized spacial score (nSPS) is 17.1. The molecule has 0 unspecified atom stereocenters. The van der Waals surface area contributed by atoms with Crippen molar-refractivity contribution in [3.63, 3.8) is 0 Å². The van der Waals surface area contributed by atoms with Crippen LogP contribution >= 0.6 is 0 Å². The SMILES string of the molecule is FC1(F)Oc2ccc(Nc3nccc(-c4cncc(N5CCOCC5)c4)n3)cc2O1. The maximum atomic E-state index is 13.2. The van der Waals surface area contributed by atoms with Crippen LogP contribution in [0.5, 0.6) is 11.5 Å². The summed E-state index contributed by atoms with van der Waals surface area (Å²) in [6.07, 6.45) is 1.51. The van der Waals surface area contributed by atoms with Gasteiger partial charge in [0, 0.05) is 42.8 Å². The van der Waals surface area contributed by atoms with Crippen LogP contribution in [-0.4, -0.2) is 47.5 Å². The first-order valence-corrected chi connectivity index (χ1v) is 9.34. The Morgan fingerprint density at radius 2 is 1.83 bits per heavy atom. The molecule has 0 spiro atoms. The highest BCUT2D eigenvalue weighted by molar-refractivity contribution is 5.66. The predicted octanol–water partition coefficient (Wildman–Crippen LogP) is 3.44. The van der Waals surface area contributed by atoms with Gasteiger partial charge in [-0.1, -0.05) is 0 Å². The van der Waals surface area contributed by atoms with Crippen molar-refractivity contribution in [1.29, 1.82) is 0 Å². The van der Waals surface area contributed by atoms with Gasteiger partial charge in [-0.25, -0.2) is 9.97 Å². The van der Waals surface area contributed by atoms with Crippen LogP contribution < -0.4 is 19.7 Å². The summed E-state index contributed by atoms with van der Waals surface area (Å²) in [5.41, 5.74) is 3.02. The zero-order chi connectivity index (χ0) is 20.6. The minimum Gasteiger partial charge on any atom is -0.395 e. The number of pyridine rings is 1. The second-order valence-electron chi connectivity index (χ2n) is 6.75. The lowest BCUT2D eigenvalue weighted by Gasteiger charge is -2.28. The van der Waals surface area contributed by atoms with Gasteiger partial charge in [-0.05, 0) is 24.3 Å². The molecule has 154 valence electrons. The molecule has 2 aliphatic rings. The number of fused-ring (bicyclic) bond motifs is 1. The smallest absolute Gasteiger partial charge is 0.395 e. The highest BCUT2D eigenvalue weighted by atomic mass is 19.3. The molecule has 2 aliphatic heterocycles. The molecule has 2 aromatic heterocycles. The molecule has 0 aliphatic carbocycles. The molecule has 1 N–H and O–H groups in total. The molecule has 0 saturated carbocycles. The van der Waals surface area contributed by atoms with Crippen molar-refractivity contribution in [2.24, 2.45) is 0 Å². The summed E-state index contributed by atoms with van der Waals surface area (Å²) in [6.45, 7) is 3.00. The molecule has 30 heavy (non-hydrogen) atoms. The Labute approximate surface area is 170 Å². The Bertz CT molecular complexity index is 1080. The lowest BCUT2D eigenvalue weighted by atomic mass is 10.2. The first kappa shape index (κ1) is 18.5. The number of nitrogens with one attached hydrogen (secondary N) is 1. The first-order chi connectivity index (χ1) is 14.6. The van der Waals surface area contributed by atoms with Gasteiger partial charge in [0.2, 0.25) is 5.95 Å². The van der Waals surface area contributed by atoms with E-state index in [1.165, 1.54) is 12.1 Å². The number of ether oxygens (including phenoxy) is 3. The number of aromatic nitrogens is 3. The number of alkyl halides is 2. The molecule has 1 fully saturated rings. The van der Waals surface area contributed by atoms with Gasteiger partial charge in [0.05, 0.1) is 30.8 Å². The third-order valence-electron chi connectivity index (χ3n) is 4.71. The van der Waals surface area contributed by atoms with E-state index in [0.717, 1.165) is 24.3 Å². The van der Waals surface area contributed by atoms with Crippen molar-refractivity contribution in [2.75, 3.05) is 36.5 Å². The molecule has 3 aromatic rings. The molecule has 0 radical (unpaired) electrons. The lowest BCUT2D eigenvalue weighted by Crippen LogP contribution is -2.36. The summed E-state index contributed by atoms with van der Waals surface area (Å²) < 4.78 is 40.7. The van der Waals surface area contributed by atoms with Crippen LogP contribution in [0.15, 0.2) is 48.9 Å². The maximum Gasteiger partial charge on any atom is 0.586 e. The third kappa shape index (κ3) is 3.81. The summed E-state index contributed by atoms with van der Waals surface area (Å²) in [4.78, 5) is 15.3. The third-order valence-corrected chi connectivity index (χ3v) is 4.71. The van der Waals surface area contributed by atoms with E-state index in [-0.39, 0.29) is 11.5 Å². The minimum absolute atomic E-state index is 0.0220. The highest BCUT2D eigenvalue weighted by Crippen LogP contribution is 2.42. The van der Waals surface area contributed by atoms with E-state index in [1.807, 2.05) is 12.3 Å². The second kappa shape index (κ2) is 7.38. The fraction of sp³-hybridized carbons (Fsp3) is 0.250. The quantitative estimate of drug-likeness (QED) is 0.697. The average molecular weight is 413 g/mol. The number of morpholine rings is 1. The van der Waals surface area contributed by atoms with Crippen molar-refractivity contribution in [2.45, 2.75) is 6.29 Å². The average Bonchev–Trinajstić information content (AvgIpc) is 3.08. The largest absolute Gasteiger partial charge is 0.586 e. The van der Waals surface area contributed by atoms with Gasteiger partial charge < -0.3 is 24.4 Å². The van der Waals surface area contributed by atoms with E-state index in [2.05, 4.69) is 34.6 Å². The summed E-state index contributed by atoms with van der Waals surface area (Å²) in [7, 11) is 0. The topological polar surface area (TPSA) is 81.6 Å². The number of halogens is 2. The first-order valence-electron chi connectivity index (χ1n) is 9.34. The van der Waals surface area contributed by atoms with Crippen molar-refractivity contribution < 1.29 is 23.0 Å². The molecule has 0 atom stereocenters. The molecule has 4 heterocycles. The summed E-state index contributed by atoms with van der Waals surface area (Å²) in [5, 5.41) is 3.00. The van der Waals surface area contributed by atoms with Crippen LogP contribution in [0.25, 0.3) is 11.3 Å². The molecular formula is C20H17F2N5O3. The summed E-state index contributed by atoms with van der Waals surface area (Å²) in [5.74, 6) is 0.240. The van der Waals surface area contributed by atoms with Gasteiger partial charge in [0.25, 0.3) is 0 Å². The molecule has 1 aromatic carbocycles. The van der Waals surface area contributed by atoms with E-state index in [4.69, 9.17) is 4.74 Å². The maximum absolute atomic E-state index is 13.2. The minimum atomic E-state index is -3.66. The van der Waals surface area contributed by atoms with Gasteiger partial charge in [-0.2, -0.15) is 0 Å². The van der Waals surface area contributed by atoms with Crippen LogP contribution in [0.1, 0.15) is 0 Å². The number of hydrogen-bond donors (Lipinski definition) is 1. The Morgan fingerprint density at radius 1 is 1.00 bits per heavy atom. The summed E-state index contributed by atoms with van der Waals surface area (Å²) in [6, 6.07) is 8.20. The lowest BCUT2D eigenvalue weighted by molar-refractivity contribution is -0.286. The zero-order valence-corrected chi connectivity index (χ0v) is 15.7. The van der Waals surface area contributed by atoms with Gasteiger partial charge in [0.1, 0.15) is 0 Å². The molecule has 0 bridgehead atoms. The molecule has 0 amide bonds. The standard InChI is InChI=1S/C20H17F2N5O3/c21-20(22)29-17-2-1-14(10-18(17)30-20)25-19-24-4-3-16(26-19)13-9-15(12-23-11-13)27-5-7-28-8-6-27/h1-4,9-12H,5-8H2,(H,24,25,26). The zero-order valence-electron chi connectivity index (χ0n) is 15.7. The van der Waals surface area contributed by atoms with Crippen LogP contribution in [0.3, 0.4) is 0 Å². The van der Waals surface area contributed by atoms with Crippen molar-refractivity contribution in [3.05, 3.63) is 48.9 Å². The predicted molar refractivity (Wildman–Crippen MR) is 104 cm³/mol. The Hall–Kier alpha value is -3.53. The monoisotopic (exact) mass is 413 g/mol. The number of rotatable bonds is 4. The van der Waals surface area contributed by atoms with E-state index in [0.29, 0.717) is 30.5 Å². The number of benzene rings is 1. The van der Waals surface area contributed by atoms with Crippen molar-refractivity contribution >= 4 is 17.3 Å². The number of anilines is 3. The van der Waals surface area contributed by atoms with Crippen LogP contribution in [0.4, 0.5) is 26.1 Å². The van der Waals surface area contributed by atoms with Gasteiger partial charge >= 0.3 is 6.29 Å². The fourth-order valence-corrected chi connectivity index (χ4v) is 3.30. The Kier molecular flexibility index (Phi) is 4.55. The van der Waals surface area contributed by atoms with Gasteiger partial charge in [-0.3, -0.25) is 4.98 Å². The Balaban J connectivity index is 1.37. The van der Waals surface area contributed by atoms with Gasteiger partial charge in [0.15, 0.2) is 11.5 Å².